The SMILES string of the molecule is CCOC(=O)C(Cc1ccccc1)NC(=O)N(CC)C(C)C. The number of rotatable bonds is 7. The van der Waals surface area contributed by atoms with E-state index in [0.29, 0.717) is 19.6 Å². The maximum Gasteiger partial charge on any atom is 0.329 e. The number of carbonyl (C=O) groups is 2. The van der Waals surface area contributed by atoms with Gasteiger partial charge in [-0.15, -0.1) is 0 Å². The van der Waals surface area contributed by atoms with E-state index in [-0.39, 0.29) is 12.1 Å². The molecule has 0 aliphatic rings. The smallest absolute Gasteiger partial charge is 0.329 e. The van der Waals surface area contributed by atoms with Crippen LogP contribution in [0.25, 0.3) is 0 Å². The van der Waals surface area contributed by atoms with Crippen LogP contribution < -0.4 is 5.32 Å². The average molecular weight is 306 g/mol. The molecule has 2 amide bonds. The van der Waals surface area contributed by atoms with Gasteiger partial charge in [0.2, 0.25) is 0 Å². The van der Waals surface area contributed by atoms with Crippen LogP contribution in [0.4, 0.5) is 4.79 Å². The third-order valence-electron chi connectivity index (χ3n) is 3.38. The lowest BCUT2D eigenvalue weighted by Crippen LogP contribution is -2.51. The summed E-state index contributed by atoms with van der Waals surface area (Å²) in [6.45, 7) is 8.44. The molecule has 0 saturated carbocycles. The third-order valence-corrected chi connectivity index (χ3v) is 3.38. The number of benzene rings is 1. The third kappa shape index (κ3) is 5.39. The molecule has 0 heterocycles. The quantitative estimate of drug-likeness (QED) is 0.788. The molecule has 1 N–H and O–H groups in total. The van der Waals surface area contributed by atoms with E-state index >= 15 is 0 Å². The zero-order chi connectivity index (χ0) is 16.5. The largest absolute Gasteiger partial charge is 0.464 e. The van der Waals surface area contributed by atoms with E-state index in [1.807, 2.05) is 51.1 Å². The molecule has 0 radical (unpaired) electrons. The Morgan fingerprint density at radius 3 is 2.32 bits per heavy atom. The summed E-state index contributed by atoms with van der Waals surface area (Å²) in [5, 5.41) is 2.79. The Labute approximate surface area is 132 Å². The van der Waals surface area contributed by atoms with Crippen LogP contribution in [0.2, 0.25) is 0 Å². The highest BCUT2D eigenvalue weighted by atomic mass is 16.5. The number of esters is 1. The molecule has 122 valence electrons. The number of carbonyl (C=O) groups excluding carboxylic acids is 2. The fourth-order valence-corrected chi connectivity index (χ4v) is 2.26. The van der Waals surface area contributed by atoms with Crippen LogP contribution in [0.15, 0.2) is 30.3 Å². The predicted molar refractivity (Wildman–Crippen MR) is 86.6 cm³/mol. The number of amides is 2. The summed E-state index contributed by atoms with van der Waals surface area (Å²) in [7, 11) is 0. The molecular weight excluding hydrogens is 280 g/mol. The molecule has 22 heavy (non-hydrogen) atoms. The van der Waals surface area contributed by atoms with Gasteiger partial charge in [-0.3, -0.25) is 0 Å². The lowest BCUT2D eigenvalue weighted by Gasteiger charge is -2.27. The molecule has 1 unspecified atom stereocenters. The molecule has 0 aliphatic carbocycles. The van der Waals surface area contributed by atoms with Crippen LogP contribution in [0, 0.1) is 0 Å². The summed E-state index contributed by atoms with van der Waals surface area (Å²) in [6, 6.07) is 8.74. The zero-order valence-electron chi connectivity index (χ0n) is 13.8. The molecule has 0 saturated heterocycles. The number of nitrogens with zero attached hydrogens (tertiary/aromatic N) is 1. The zero-order valence-corrected chi connectivity index (χ0v) is 13.8. The molecule has 5 nitrogen and oxygen atoms in total. The normalized spacial score (nSPS) is 11.9. The second-order valence-electron chi connectivity index (χ2n) is 5.32. The molecule has 1 rings (SSSR count). The van der Waals surface area contributed by atoms with E-state index < -0.39 is 12.0 Å². The van der Waals surface area contributed by atoms with Crippen LogP contribution in [0.1, 0.15) is 33.3 Å². The highest BCUT2D eigenvalue weighted by Gasteiger charge is 2.25. The van der Waals surface area contributed by atoms with Gasteiger partial charge in [-0.05, 0) is 33.3 Å². The Hall–Kier alpha value is -2.04. The second kappa shape index (κ2) is 9.07. The number of ether oxygens (including phenoxy) is 1. The first-order chi connectivity index (χ1) is 10.5. The average Bonchev–Trinajstić information content (AvgIpc) is 2.48. The van der Waals surface area contributed by atoms with Crippen molar-refractivity contribution in [1.82, 2.24) is 10.2 Å². The van der Waals surface area contributed by atoms with Gasteiger partial charge in [0, 0.05) is 19.0 Å². The lowest BCUT2D eigenvalue weighted by molar-refractivity contribution is -0.145. The molecule has 1 aromatic carbocycles. The number of urea groups is 1. The minimum absolute atomic E-state index is 0.0737. The summed E-state index contributed by atoms with van der Waals surface area (Å²) >= 11 is 0. The monoisotopic (exact) mass is 306 g/mol. The molecule has 0 bridgehead atoms. The van der Waals surface area contributed by atoms with E-state index in [1.165, 1.54) is 0 Å². The minimum Gasteiger partial charge on any atom is -0.464 e. The van der Waals surface area contributed by atoms with Crippen molar-refractivity contribution in [3.8, 4) is 0 Å². The van der Waals surface area contributed by atoms with Gasteiger partial charge in [0.1, 0.15) is 6.04 Å². The van der Waals surface area contributed by atoms with Crippen LogP contribution >= 0.6 is 0 Å². The fourth-order valence-electron chi connectivity index (χ4n) is 2.26. The van der Waals surface area contributed by atoms with Gasteiger partial charge < -0.3 is 15.0 Å². The fraction of sp³-hybridized carbons (Fsp3) is 0.529. The van der Waals surface area contributed by atoms with Crippen molar-refractivity contribution in [1.29, 1.82) is 0 Å². The van der Waals surface area contributed by atoms with Crippen LogP contribution in [0.3, 0.4) is 0 Å². The molecule has 1 aromatic rings. The summed E-state index contributed by atoms with van der Waals surface area (Å²) < 4.78 is 5.08. The molecular formula is C17H26N2O3. The summed E-state index contributed by atoms with van der Waals surface area (Å²) in [4.78, 5) is 26.1. The maximum absolute atomic E-state index is 12.3. The Morgan fingerprint density at radius 2 is 1.82 bits per heavy atom. The van der Waals surface area contributed by atoms with Crippen molar-refractivity contribution in [2.45, 2.75) is 46.2 Å². The molecule has 5 heteroatoms. The molecule has 0 aromatic heterocycles. The van der Waals surface area contributed by atoms with Crippen molar-refractivity contribution in [2.24, 2.45) is 0 Å². The molecule has 0 aliphatic heterocycles. The summed E-state index contributed by atoms with van der Waals surface area (Å²) in [6.07, 6.45) is 0.418. The van der Waals surface area contributed by atoms with E-state index in [1.54, 1.807) is 11.8 Å². The van der Waals surface area contributed by atoms with Gasteiger partial charge in [0.05, 0.1) is 6.61 Å². The van der Waals surface area contributed by atoms with Crippen molar-refractivity contribution < 1.29 is 14.3 Å². The first kappa shape index (κ1) is 18.0. The molecule has 0 spiro atoms. The first-order valence-corrected chi connectivity index (χ1v) is 7.77. The summed E-state index contributed by atoms with van der Waals surface area (Å²) in [5.74, 6) is -0.403. The molecule has 1 atom stereocenters. The van der Waals surface area contributed by atoms with Crippen LogP contribution in [-0.4, -0.2) is 42.1 Å². The van der Waals surface area contributed by atoms with Crippen molar-refractivity contribution in [3.63, 3.8) is 0 Å². The standard InChI is InChI=1S/C17H26N2O3/c1-5-19(13(3)4)17(21)18-15(16(20)22-6-2)12-14-10-8-7-9-11-14/h7-11,13,15H,5-6,12H2,1-4H3,(H,18,21). The van der Waals surface area contributed by atoms with Gasteiger partial charge in [-0.25, -0.2) is 9.59 Å². The highest BCUT2D eigenvalue weighted by molar-refractivity contribution is 5.84. The number of nitrogens with one attached hydrogen (secondary N) is 1. The second-order valence-corrected chi connectivity index (χ2v) is 5.32. The maximum atomic E-state index is 12.3. The number of hydrogen-bond donors (Lipinski definition) is 1. The Balaban J connectivity index is 2.82. The van der Waals surface area contributed by atoms with E-state index in [9.17, 15) is 9.59 Å². The Kier molecular flexibility index (Phi) is 7.43. The summed E-state index contributed by atoms with van der Waals surface area (Å²) in [5.41, 5.74) is 0.980. The van der Waals surface area contributed by atoms with Gasteiger partial charge >= 0.3 is 12.0 Å². The lowest BCUT2D eigenvalue weighted by atomic mass is 10.1. The number of hydrogen-bond acceptors (Lipinski definition) is 3. The van der Waals surface area contributed by atoms with Crippen molar-refractivity contribution in [3.05, 3.63) is 35.9 Å². The van der Waals surface area contributed by atoms with Crippen LogP contribution in [-0.2, 0) is 16.0 Å². The van der Waals surface area contributed by atoms with Gasteiger partial charge in [-0.2, -0.15) is 0 Å². The van der Waals surface area contributed by atoms with E-state index in [2.05, 4.69) is 5.32 Å². The Morgan fingerprint density at radius 1 is 1.18 bits per heavy atom. The van der Waals surface area contributed by atoms with E-state index in [4.69, 9.17) is 4.74 Å². The first-order valence-electron chi connectivity index (χ1n) is 7.77. The minimum atomic E-state index is -0.678. The van der Waals surface area contributed by atoms with Crippen molar-refractivity contribution in [2.75, 3.05) is 13.2 Å². The van der Waals surface area contributed by atoms with Crippen LogP contribution in [0.5, 0.6) is 0 Å². The van der Waals surface area contributed by atoms with Gasteiger partial charge in [0.25, 0.3) is 0 Å². The topological polar surface area (TPSA) is 58.6 Å². The molecule has 0 fully saturated rings. The van der Waals surface area contributed by atoms with Gasteiger partial charge in [-0.1, -0.05) is 30.3 Å². The highest BCUT2D eigenvalue weighted by Crippen LogP contribution is 2.07. The van der Waals surface area contributed by atoms with Crippen molar-refractivity contribution >= 4 is 12.0 Å². The van der Waals surface area contributed by atoms with E-state index in [0.717, 1.165) is 5.56 Å². The van der Waals surface area contributed by atoms with Gasteiger partial charge in [0.15, 0.2) is 0 Å². The Bertz CT molecular complexity index is 474. The predicted octanol–water partition coefficient (Wildman–Crippen LogP) is 2.60.